The van der Waals surface area contributed by atoms with Gasteiger partial charge < -0.3 is 4.74 Å². The summed E-state index contributed by atoms with van der Waals surface area (Å²) in [6.45, 7) is 4.01. The van der Waals surface area contributed by atoms with Crippen LogP contribution in [-0.4, -0.2) is 18.2 Å². The van der Waals surface area contributed by atoms with E-state index < -0.39 is 0 Å². The third kappa shape index (κ3) is 4.48. The summed E-state index contributed by atoms with van der Waals surface area (Å²) in [4.78, 5) is 12.1. The van der Waals surface area contributed by atoms with Crippen molar-refractivity contribution in [2.45, 2.75) is 13.8 Å². The number of nitrogens with one attached hydrogen (secondary N) is 1. The molecule has 0 spiro atoms. The van der Waals surface area contributed by atoms with Crippen LogP contribution >= 0.6 is 0 Å². The molecule has 4 nitrogen and oxygen atoms in total. The van der Waals surface area contributed by atoms with Crippen LogP contribution in [0, 0.1) is 5.92 Å². The summed E-state index contributed by atoms with van der Waals surface area (Å²) < 4.78 is 5.59. The van der Waals surface area contributed by atoms with Crippen molar-refractivity contribution in [2.24, 2.45) is 11.0 Å². The van der Waals surface area contributed by atoms with Crippen LogP contribution in [0.15, 0.2) is 77.9 Å². The average molecular weight is 346 g/mol. The minimum Gasteiger partial charge on any atom is -0.484 e. The normalized spacial score (nSPS) is 11.6. The molecule has 0 fully saturated rings. The first-order chi connectivity index (χ1) is 12.6. The minimum atomic E-state index is -0.285. The lowest BCUT2D eigenvalue weighted by Gasteiger charge is -2.11. The van der Waals surface area contributed by atoms with E-state index in [0.717, 1.165) is 22.0 Å². The van der Waals surface area contributed by atoms with Crippen molar-refractivity contribution in [3.63, 3.8) is 0 Å². The van der Waals surface area contributed by atoms with Crippen molar-refractivity contribution < 1.29 is 9.53 Å². The Bertz CT molecular complexity index is 918. The molecule has 0 aliphatic heterocycles. The smallest absolute Gasteiger partial charge is 0.277 e. The number of carbonyl (C=O) groups excluding carboxylic acids is 1. The number of benzene rings is 3. The Kier molecular flexibility index (Phi) is 5.64. The molecule has 3 aromatic carbocycles. The molecule has 0 heterocycles. The second kappa shape index (κ2) is 8.30. The summed E-state index contributed by atoms with van der Waals surface area (Å²) in [5.74, 6) is 0.571. The van der Waals surface area contributed by atoms with Crippen molar-refractivity contribution in [1.82, 2.24) is 5.43 Å². The van der Waals surface area contributed by atoms with Crippen molar-refractivity contribution in [3.8, 4) is 5.75 Å². The number of amides is 1. The summed E-state index contributed by atoms with van der Waals surface area (Å²) >= 11 is 0. The Balaban J connectivity index is 1.62. The predicted molar refractivity (Wildman–Crippen MR) is 105 cm³/mol. The molecule has 0 saturated carbocycles. The second-order valence-corrected chi connectivity index (χ2v) is 6.35. The summed E-state index contributed by atoms with van der Waals surface area (Å²) in [7, 11) is 0. The van der Waals surface area contributed by atoms with Crippen LogP contribution in [-0.2, 0) is 4.79 Å². The molecule has 0 saturated heterocycles. The molecule has 1 amide bonds. The zero-order valence-electron chi connectivity index (χ0n) is 15.0. The van der Waals surface area contributed by atoms with Gasteiger partial charge in [-0.25, -0.2) is 5.43 Å². The maximum absolute atomic E-state index is 12.1. The van der Waals surface area contributed by atoms with Crippen LogP contribution in [0.5, 0.6) is 5.75 Å². The van der Waals surface area contributed by atoms with E-state index in [1.165, 1.54) is 0 Å². The van der Waals surface area contributed by atoms with Crippen molar-refractivity contribution in [2.75, 3.05) is 6.61 Å². The number of fused-ring (bicyclic) bond motifs is 1. The lowest BCUT2D eigenvalue weighted by Crippen LogP contribution is -2.27. The molecule has 4 heteroatoms. The number of hydrogen-bond donors (Lipinski definition) is 1. The maximum Gasteiger partial charge on any atom is 0.277 e. The first kappa shape index (κ1) is 17.7. The number of carbonyl (C=O) groups is 1. The average Bonchev–Trinajstić information content (AvgIpc) is 2.67. The number of rotatable bonds is 6. The highest BCUT2D eigenvalue weighted by atomic mass is 16.5. The van der Waals surface area contributed by atoms with E-state index in [-0.39, 0.29) is 18.4 Å². The molecule has 0 bridgehead atoms. The van der Waals surface area contributed by atoms with E-state index in [1.54, 1.807) is 0 Å². The quantitative estimate of drug-likeness (QED) is 0.531. The molecule has 26 heavy (non-hydrogen) atoms. The van der Waals surface area contributed by atoms with Gasteiger partial charge in [-0.1, -0.05) is 74.5 Å². The first-order valence-corrected chi connectivity index (χ1v) is 8.67. The number of hydrogen-bond acceptors (Lipinski definition) is 3. The summed E-state index contributed by atoms with van der Waals surface area (Å²) in [6, 6.07) is 23.6. The molecule has 1 N–H and O–H groups in total. The molecule has 0 aliphatic rings. The van der Waals surface area contributed by atoms with E-state index >= 15 is 0 Å². The van der Waals surface area contributed by atoms with E-state index in [4.69, 9.17) is 4.74 Å². The number of ether oxygens (including phenoxy) is 1. The summed E-state index contributed by atoms with van der Waals surface area (Å²) in [6.07, 6.45) is 0. The predicted octanol–water partition coefficient (Wildman–Crippen LogP) is 4.40. The zero-order valence-corrected chi connectivity index (χ0v) is 15.0. The molecule has 0 aliphatic carbocycles. The molecular formula is C22H22N2O2. The largest absolute Gasteiger partial charge is 0.484 e. The highest BCUT2D eigenvalue weighted by molar-refractivity contribution is 6.02. The molecule has 0 radical (unpaired) electrons. The fraction of sp³-hybridized carbons (Fsp3) is 0.182. The van der Waals surface area contributed by atoms with Crippen LogP contribution < -0.4 is 10.2 Å². The molecule has 3 aromatic rings. The third-order valence-corrected chi connectivity index (χ3v) is 4.01. The van der Waals surface area contributed by atoms with E-state index in [9.17, 15) is 4.79 Å². The Morgan fingerprint density at radius 3 is 2.38 bits per heavy atom. The van der Waals surface area contributed by atoms with E-state index in [1.807, 2.05) is 86.6 Å². The van der Waals surface area contributed by atoms with Gasteiger partial charge in [-0.2, -0.15) is 5.10 Å². The van der Waals surface area contributed by atoms with Gasteiger partial charge in [-0.05, 0) is 34.4 Å². The number of hydrazone groups is 1. The first-order valence-electron chi connectivity index (χ1n) is 8.67. The van der Waals surface area contributed by atoms with Gasteiger partial charge in [0.25, 0.3) is 5.91 Å². The van der Waals surface area contributed by atoms with E-state index in [0.29, 0.717) is 5.75 Å². The maximum atomic E-state index is 12.1. The summed E-state index contributed by atoms with van der Waals surface area (Å²) in [5, 5.41) is 6.51. The van der Waals surface area contributed by atoms with Crippen LogP contribution in [0.4, 0.5) is 0 Å². The summed E-state index contributed by atoms with van der Waals surface area (Å²) in [5.41, 5.74) is 4.43. The highest BCUT2D eigenvalue weighted by Crippen LogP contribution is 2.20. The fourth-order valence-corrected chi connectivity index (χ4v) is 2.70. The standard InChI is InChI=1S/C22H22N2O2/c1-16(2)22(18-9-4-3-5-10-18)24-23-21(25)15-26-20-13-12-17-8-6-7-11-19(17)14-20/h3-14,16H,15H2,1-2H3,(H,23,25)/b24-22+. The van der Waals surface area contributed by atoms with Gasteiger partial charge in [-0.3, -0.25) is 4.79 Å². The Morgan fingerprint density at radius 1 is 0.962 bits per heavy atom. The SMILES string of the molecule is CC(C)/C(=N\NC(=O)COc1ccc2ccccc2c1)c1ccccc1. The van der Waals surface area contributed by atoms with Crippen LogP contribution in [0.3, 0.4) is 0 Å². The Labute approximate surface area is 153 Å². The van der Waals surface area contributed by atoms with Crippen molar-refractivity contribution in [1.29, 1.82) is 0 Å². The van der Waals surface area contributed by atoms with Gasteiger partial charge in [0, 0.05) is 0 Å². The van der Waals surface area contributed by atoms with Gasteiger partial charge in [0.15, 0.2) is 6.61 Å². The monoisotopic (exact) mass is 346 g/mol. The van der Waals surface area contributed by atoms with E-state index in [2.05, 4.69) is 10.5 Å². The van der Waals surface area contributed by atoms with Gasteiger partial charge in [0.05, 0.1) is 5.71 Å². The molecule has 0 unspecified atom stereocenters. The van der Waals surface area contributed by atoms with Crippen LogP contribution in [0.25, 0.3) is 10.8 Å². The Morgan fingerprint density at radius 2 is 1.65 bits per heavy atom. The van der Waals surface area contributed by atoms with Crippen molar-refractivity contribution >= 4 is 22.4 Å². The molecule has 0 atom stereocenters. The van der Waals surface area contributed by atoms with Gasteiger partial charge >= 0.3 is 0 Å². The third-order valence-electron chi connectivity index (χ3n) is 4.01. The zero-order chi connectivity index (χ0) is 18.4. The molecule has 3 rings (SSSR count). The second-order valence-electron chi connectivity index (χ2n) is 6.35. The number of nitrogens with zero attached hydrogens (tertiary/aromatic N) is 1. The topological polar surface area (TPSA) is 50.7 Å². The van der Waals surface area contributed by atoms with Crippen LogP contribution in [0.2, 0.25) is 0 Å². The van der Waals surface area contributed by atoms with Gasteiger partial charge in [0.1, 0.15) is 5.75 Å². The minimum absolute atomic E-state index is 0.0813. The fourth-order valence-electron chi connectivity index (χ4n) is 2.70. The Hall–Kier alpha value is -3.14. The lowest BCUT2D eigenvalue weighted by atomic mass is 10.0. The van der Waals surface area contributed by atoms with Crippen LogP contribution in [0.1, 0.15) is 19.4 Å². The van der Waals surface area contributed by atoms with Gasteiger partial charge in [0.2, 0.25) is 0 Å². The van der Waals surface area contributed by atoms with Gasteiger partial charge in [-0.15, -0.1) is 0 Å². The molecule has 132 valence electrons. The highest BCUT2D eigenvalue weighted by Gasteiger charge is 2.09. The molecule has 0 aromatic heterocycles. The van der Waals surface area contributed by atoms with Crippen molar-refractivity contribution in [3.05, 3.63) is 78.4 Å². The lowest BCUT2D eigenvalue weighted by molar-refractivity contribution is -0.123. The molecular weight excluding hydrogens is 324 g/mol.